The average Bonchev–Trinajstić information content (AvgIpc) is 2.69. The van der Waals surface area contributed by atoms with Crippen molar-refractivity contribution in [3.63, 3.8) is 0 Å². The zero-order valence-electron chi connectivity index (χ0n) is 16.0. The van der Waals surface area contributed by atoms with Crippen LogP contribution in [0.25, 0.3) is 0 Å². The lowest BCUT2D eigenvalue weighted by atomic mass is 10.0. The van der Waals surface area contributed by atoms with E-state index in [4.69, 9.17) is 5.11 Å². The van der Waals surface area contributed by atoms with E-state index in [1.54, 1.807) is 0 Å². The molecule has 0 bridgehead atoms. The standard InChI is InChI=1S/C19H26N4O4S/c1-21-6-7-22(12-18(24)25)8-9-23(13-19(26)27)11-17(21)10-15-2-4-16(5-3-15)20-14-28/h2-5,17H,6-13H2,1H3,(H,24,25)(H,26,27). The van der Waals surface area contributed by atoms with Crippen LogP contribution in [0.15, 0.2) is 29.3 Å². The first kappa shape index (κ1) is 22.1. The second-order valence-electron chi connectivity index (χ2n) is 7.01. The minimum atomic E-state index is -0.882. The van der Waals surface area contributed by atoms with Crippen LogP contribution in [0.3, 0.4) is 0 Å². The first-order chi connectivity index (χ1) is 13.4. The molecule has 1 atom stereocenters. The summed E-state index contributed by atoms with van der Waals surface area (Å²) in [6.07, 6.45) is 0.757. The van der Waals surface area contributed by atoms with E-state index >= 15 is 0 Å². The Kier molecular flexibility index (Phi) is 8.69. The number of carboxylic acids is 2. The van der Waals surface area contributed by atoms with Gasteiger partial charge in [-0.3, -0.25) is 19.4 Å². The number of hydrogen-bond acceptors (Lipinski definition) is 7. The Morgan fingerprint density at radius 2 is 1.64 bits per heavy atom. The van der Waals surface area contributed by atoms with Gasteiger partial charge in [-0.2, -0.15) is 4.99 Å². The lowest BCUT2D eigenvalue weighted by Crippen LogP contribution is -2.45. The van der Waals surface area contributed by atoms with Crippen LogP contribution in [0.5, 0.6) is 0 Å². The fraction of sp³-hybridized carbons (Fsp3) is 0.526. The summed E-state index contributed by atoms with van der Waals surface area (Å²) < 4.78 is 0. The van der Waals surface area contributed by atoms with Gasteiger partial charge < -0.3 is 15.1 Å². The van der Waals surface area contributed by atoms with Gasteiger partial charge in [-0.15, -0.1) is 0 Å². The molecule has 1 saturated heterocycles. The number of nitrogens with zero attached hydrogens (tertiary/aromatic N) is 4. The fourth-order valence-corrected chi connectivity index (χ4v) is 3.45. The maximum Gasteiger partial charge on any atom is 0.317 e. The van der Waals surface area contributed by atoms with Crippen molar-refractivity contribution in [2.24, 2.45) is 4.99 Å². The minimum absolute atomic E-state index is 0.0404. The van der Waals surface area contributed by atoms with E-state index in [-0.39, 0.29) is 19.1 Å². The highest BCUT2D eigenvalue weighted by molar-refractivity contribution is 7.78. The smallest absolute Gasteiger partial charge is 0.317 e. The number of benzene rings is 1. The molecule has 152 valence electrons. The van der Waals surface area contributed by atoms with Crippen molar-refractivity contribution in [1.29, 1.82) is 0 Å². The molecule has 0 saturated carbocycles. The van der Waals surface area contributed by atoms with E-state index < -0.39 is 11.9 Å². The molecule has 2 N–H and O–H groups in total. The highest BCUT2D eigenvalue weighted by Crippen LogP contribution is 2.16. The molecule has 28 heavy (non-hydrogen) atoms. The summed E-state index contributed by atoms with van der Waals surface area (Å²) in [5, 5.41) is 20.7. The van der Waals surface area contributed by atoms with E-state index in [1.807, 2.05) is 41.1 Å². The molecule has 0 amide bonds. The van der Waals surface area contributed by atoms with Crippen LogP contribution < -0.4 is 0 Å². The third-order valence-corrected chi connectivity index (χ3v) is 4.99. The van der Waals surface area contributed by atoms with Gasteiger partial charge in [0.25, 0.3) is 0 Å². The van der Waals surface area contributed by atoms with Gasteiger partial charge in [-0.25, -0.2) is 0 Å². The number of aliphatic imine (C=N–C) groups is 1. The maximum absolute atomic E-state index is 11.3. The van der Waals surface area contributed by atoms with Gasteiger partial charge in [-0.05, 0) is 43.4 Å². The lowest BCUT2D eigenvalue weighted by Gasteiger charge is -2.31. The number of aliphatic carboxylic acids is 2. The van der Waals surface area contributed by atoms with Crippen molar-refractivity contribution in [2.45, 2.75) is 12.5 Å². The summed E-state index contributed by atoms with van der Waals surface area (Å²) in [7, 11) is 2.00. The molecule has 1 aliphatic rings. The Labute approximate surface area is 170 Å². The average molecular weight is 407 g/mol. The van der Waals surface area contributed by atoms with Crippen molar-refractivity contribution < 1.29 is 19.8 Å². The van der Waals surface area contributed by atoms with E-state index in [1.165, 1.54) is 0 Å². The van der Waals surface area contributed by atoms with Crippen LogP contribution in [0.4, 0.5) is 5.69 Å². The summed E-state index contributed by atoms with van der Waals surface area (Å²) >= 11 is 4.62. The van der Waals surface area contributed by atoms with Crippen molar-refractivity contribution in [2.75, 3.05) is 52.9 Å². The SMILES string of the molecule is CN1CCN(CC(=O)O)CCN(CC(=O)O)CC1Cc1ccc(N=C=S)cc1. The summed E-state index contributed by atoms with van der Waals surface area (Å²) in [5.74, 6) is -1.75. The summed E-state index contributed by atoms with van der Waals surface area (Å²) in [5.41, 5.74) is 1.87. The van der Waals surface area contributed by atoms with Crippen LogP contribution in [-0.2, 0) is 16.0 Å². The van der Waals surface area contributed by atoms with Gasteiger partial charge in [0.15, 0.2) is 0 Å². The zero-order chi connectivity index (χ0) is 20.5. The Hall–Kier alpha value is -2.16. The molecule has 8 nitrogen and oxygen atoms in total. The molecule has 1 aromatic carbocycles. The number of carboxylic acid groups (broad SMARTS) is 2. The van der Waals surface area contributed by atoms with E-state index in [0.29, 0.717) is 32.7 Å². The monoisotopic (exact) mass is 406 g/mol. The predicted octanol–water partition coefficient (Wildman–Crippen LogP) is 1.05. The van der Waals surface area contributed by atoms with Gasteiger partial charge in [-0.1, -0.05) is 12.1 Å². The van der Waals surface area contributed by atoms with Crippen molar-refractivity contribution in [3.8, 4) is 0 Å². The van der Waals surface area contributed by atoms with Gasteiger partial charge in [0.2, 0.25) is 0 Å². The van der Waals surface area contributed by atoms with E-state index in [9.17, 15) is 14.7 Å². The first-order valence-electron chi connectivity index (χ1n) is 9.12. The largest absolute Gasteiger partial charge is 0.480 e. The van der Waals surface area contributed by atoms with Crippen LogP contribution in [0.2, 0.25) is 0 Å². The molecule has 1 aliphatic heterocycles. The quantitative estimate of drug-likeness (QED) is 0.512. The third kappa shape index (κ3) is 7.46. The number of thiocarbonyl (C=S) groups is 1. The molecule has 1 unspecified atom stereocenters. The zero-order valence-corrected chi connectivity index (χ0v) is 16.8. The molecule has 0 aromatic heterocycles. The van der Waals surface area contributed by atoms with Crippen LogP contribution >= 0.6 is 12.2 Å². The third-order valence-electron chi connectivity index (χ3n) is 4.89. The molecule has 2 rings (SSSR count). The molecule has 1 aromatic rings. The van der Waals surface area contributed by atoms with Gasteiger partial charge in [0, 0.05) is 38.8 Å². The molecule has 0 spiro atoms. The second-order valence-corrected chi connectivity index (χ2v) is 7.19. The molecule has 9 heteroatoms. The molecule has 0 radical (unpaired) electrons. The van der Waals surface area contributed by atoms with E-state index in [0.717, 1.165) is 17.7 Å². The van der Waals surface area contributed by atoms with Crippen molar-refractivity contribution in [3.05, 3.63) is 29.8 Å². The summed E-state index contributed by atoms with van der Waals surface area (Å²) in [4.78, 5) is 32.2. The fourth-order valence-electron chi connectivity index (χ4n) is 3.34. The van der Waals surface area contributed by atoms with Crippen LogP contribution in [0, 0.1) is 0 Å². The Balaban J connectivity index is 2.14. The van der Waals surface area contributed by atoms with Crippen molar-refractivity contribution in [1.82, 2.24) is 14.7 Å². The van der Waals surface area contributed by atoms with Crippen molar-refractivity contribution >= 4 is 35.0 Å². The van der Waals surface area contributed by atoms with Gasteiger partial charge in [0.05, 0.1) is 23.9 Å². The topological polar surface area (TPSA) is 96.7 Å². The highest BCUT2D eigenvalue weighted by Gasteiger charge is 2.24. The molecular formula is C19H26N4O4S. The maximum atomic E-state index is 11.3. The van der Waals surface area contributed by atoms with Gasteiger partial charge in [0.1, 0.15) is 0 Å². The molecule has 1 fully saturated rings. The van der Waals surface area contributed by atoms with E-state index in [2.05, 4.69) is 27.3 Å². The lowest BCUT2D eigenvalue weighted by molar-refractivity contribution is -0.140. The van der Waals surface area contributed by atoms with Crippen LogP contribution in [-0.4, -0.2) is 101 Å². The normalized spacial score (nSPS) is 19.8. The Bertz CT molecular complexity index is 721. The number of isothiocyanates is 1. The van der Waals surface area contributed by atoms with Gasteiger partial charge >= 0.3 is 11.9 Å². The number of rotatable bonds is 7. The number of carbonyl (C=O) groups is 2. The van der Waals surface area contributed by atoms with Crippen LogP contribution in [0.1, 0.15) is 5.56 Å². The predicted molar refractivity (Wildman–Crippen MR) is 109 cm³/mol. The molecule has 1 heterocycles. The Morgan fingerprint density at radius 3 is 2.25 bits per heavy atom. The summed E-state index contributed by atoms with van der Waals surface area (Å²) in [6.45, 7) is 2.89. The Morgan fingerprint density at radius 1 is 1.07 bits per heavy atom. The number of likely N-dealkylation sites (N-methyl/N-ethyl adjacent to an activating group) is 1. The summed E-state index contributed by atoms with van der Waals surface area (Å²) in [6, 6.07) is 7.86. The minimum Gasteiger partial charge on any atom is -0.480 e. The first-order valence-corrected chi connectivity index (χ1v) is 9.53. The number of hydrogen-bond donors (Lipinski definition) is 2. The molecular weight excluding hydrogens is 380 g/mol. The second kappa shape index (κ2) is 11.0. The molecule has 0 aliphatic carbocycles. The highest BCUT2D eigenvalue weighted by atomic mass is 32.1.